The van der Waals surface area contributed by atoms with Gasteiger partial charge in [-0.1, -0.05) is 0 Å². The van der Waals surface area contributed by atoms with Crippen LogP contribution in [0, 0.1) is 11.3 Å². The van der Waals surface area contributed by atoms with Crippen LogP contribution in [0.4, 0.5) is 8.78 Å². The summed E-state index contributed by atoms with van der Waals surface area (Å²) in [6.45, 7) is 2.93. The van der Waals surface area contributed by atoms with Crippen molar-refractivity contribution in [2.24, 2.45) is 0 Å². The van der Waals surface area contributed by atoms with Crippen LogP contribution in [0.2, 0.25) is 0 Å². The van der Waals surface area contributed by atoms with Crippen LogP contribution in [-0.2, 0) is 11.3 Å². The quantitative estimate of drug-likeness (QED) is 0.497. The highest BCUT2D eigenvalue weighted by atomic mass is 19.1. The van der Waals surface area contributed by atoms with Gasteiger partial charge in [-0.2, -0.15) is 5.26 Å². The molecule has 10 heteroatoms. The molecule has 2 heterocycles. The molecule has 36 heavy (non-hydrogen) atoms. The topological polar surface area (TPSA) is 78.3 Å². The zero-order valence-electron chi connectivity index (χ0n) is 20.2. The van der Waals surface area contributed by atoms with Crippen molar-refractivity contribution in [3.8, 4) is 17.6 Å². The Hall–Kier alpha value is -3.26. The summed E-state index contributed by atoms with van der Waals surface area (Å²) in [6, 6.07) is 13.7. The minimum Gasteiger partial charge on any atom is -0.463 e. The summed E-state index contributed by atoms with van der Waals surface area (Å²) in [5.74, 6) is 0.532. The van der Waals surface area contributed by atoms with Gasteiger partial charge in [0, 0.05) is 64.5 Å². The maximum Gasteiger partial charge on any atom is 0.253 e. The lowest BCUT2D eigenvalue weighted by Crippen LogP contribution is -2.59. The van der Waals surface area contributed by atoms with Crippen LogP contribution >= 0.6 is 0 Å². The first-order valence-electron chi connectivity index (χ1n) is 11.8. The number of morpholine rings is 2. The third-order valence-corrected chi connectivity index (χ3v) is 6.38. The van der Waals surface area contributed by atoms with Gasteiger partial charge in [0.1, 0.15) is 11.5 Å². The number of hydrogen-bond acceptors (Lipinski definition) is 7. The maximum absolute atomic E-state index is 12.7. The normalized spacial score (nSPS) is 19.9. The minimum absolute atomic E-state index is 0.0314. The first-order valence-corrected chi connectivity index (χ1v) is 11.8. The summed E-state index contributed by atoms with van der Waals surface area (Å²) in [5.41, 5.74) is 1.94. The molecule has 1 amide bonds. The minimum atomic E-state index is -0.968. The number of nitriles is 1. The monoisotopic (exact) mass is 500 g/mol. The number of carbonyl (C=O) groups is 1. The van der Waals surface area contributed by atoms with E-state index in [9.17, 15) is 13.6 Å². The first kappa shape index (κ1) is 25.8. The molecule has 2 aromatic rings. The van der Waals surface area contributed by atoms with Crippen molar-refractivity contribution >= 4 is 5.91 Å². The Labute approximate surface area is 209 Å². The van der Waals surface area contributed by atoms with Crippen molar-refractivity contribution in [1.82, 2.24) is 14.7 Å². The average Bonchev–Trinajstić information content (AvgIpc) is 2.86. The van der Waals surface area contributed by atoms with Crippen molar-refractivity contribution in [3.63, 3.8) is 0 Å². The van der Waals surface area contributed by atoms with Gasteiger partial charge in [-0.25, -0.2) is 8.78 Å². The molecule has 2 bridgehead atoms. The summed E-state index contributed by atoms with van der Waals surface area (Å²) < 4.78 is 41.4. The van der Waals surface area contributed by atoms with Crippen LogP contribution in [0.15, 0.2) is 42.5 Å². The van der Waals surface area contributed by atoms with E-state index in [0.717, 1.165) is 38.3 Å². The molecule has 0 aliphatic carbocycles. The zero-order chi connectivity index (χ0) is 25.5. The van der Waals surface area contributed by atoms with E-state index in [1.165, 1.54) is 6.07 Å². The Morgan fingerprint density at radius 3 is 2.17 bits per heavy atom. The summed E-state index contributed by atoms with van der Waals surface area (Å²) in [7, 11) is 1.78. The smallest absolute Gasteiger partial charge is 0.253 e. The van der Waals surface area contributed by atoms with Crippen LogP contribution in [-0.4, -0.2) is 92.9 Å². The Morgan fingerprint density at radius 2 is 1.61 bits per heavy atom. The van der Waals surface area contributed by atoms with Crippen LogP contribution in [0.1, 0.15) is 21.5 Å². The molecule has 2 aliphatic rings. The van der Waals surface area contributed by atoms with Gasteiger partial charge in [0.25, 0.3) is 5.91 Å². The number of likely N-dealkylation sites (N-methyl/N-ethyl adjacent to an activating group) is 1. The highest BCUT2D eigenvalue weighted by Crippen LogP contribution is 2.26. The van der Waals surface area contributed by atoms with Gasteiger partial charge in [0.2, 0.25) is 13.7 Å². The second kappa shape index (κ2) is 12.1. The number of alkyl halides is 2. The number of halogens is 2. The molecular formula is C26H30F2N4O4. The van der Waals surface area contributed by atoms with Gasteiger partial charge in [-0.05, 0) is 42.0 Å². The Morgan fingerprint density at radius 1 is 1.03 bits per heavy atom. The highest BCUT2D eigenvalue weighted by molar-refractivity contribution is 5.94. The molecule has 2 unspecified atom stereocenters. The molecule has 2 fully saturated rings. The molecule has 0 aromatic heterocycles. The van der Waals surface area contributed by atoms with E-state index in [1.54, 1.807) is 48.3 Å². The van der Waals surface area contributed by atoms with Gasteiger partial charge in [0.15, 0.2) is 0 Å². The number of benzene rings is 2. The van der Waals surface area contributed by atoms with Gasteiger partial charge in [-0.15, -0.1) is 0 Å². The molecule has 0 saturated carbocycles. The molecule has 4 rings (SSSR count). The van der Waals surface area contributed by atoms with Gasteiger partial charge < -0.3 is 19.1 Å². The van der Waals surface area contributed by atoms with E-state index in [-0.39, 0.29) is 18.1 Å². The zero-order valence-corrected chi connectivity index (χ0v) is 20.2. The Bertz CT molecular complexity index is 1040. The summed E-state index contributed by atoms with van der Waals surface area (Å²) >= 11 is 0. The molecule has 2 aromatic carbocycles. The summed E-state index contributed by atoms with van der Waals surface area (Å²) in [5, 5.41) is 8.93. The van der Waals surface area contributed by atoms with Crippen LogP contribution in [0.5, 0.6) is 11.5 Å². The van der Waals surface area contributed by atoms with E-state index in [4.69, 9.17) is 19.5 Å². The van der Waals surface area contributed by atoms with Gasteiger partial charge >= 0.3 is 0 Å². The number of rotatable bonds is 10. The standard InChI is InChI=1S/C26H30F2N4O4/c1-30(26(33)21-4-2-19(11-29)3-5-21)6-7-31-13-24-15-32(16-25(14-31)36-24)12-20-8-22(34-17-27)10-23(9-20)35-18-28/h2-5,8-10,24-25H,6-7,12-18H2,1H3. The fourth-order valence-electron chi connectivity index (χ4n) is 4.75. The summed E-state index contributed by atoms with van der Waals surface area (Å²) in [4.78, 5) is 19.0. The first-order chi connectivity index (χ1) is 17.5. The van der Waals surface area contributed by atoms with Gasteiger partial charge in [-0.3, -0.25) is 14.6 Å². The number of nitrogens with zero attached hydrogens (tertiary/aromatic N) is 4. The average molecular weight is 501 g/mol. The number of hydrogen-bond donors (Lipinski definition) is 0. The van der Waals surface area contributed by atoms with Crippen LogP contribution < -0.4 is 9.47 Å². The van der Waals surface area contributed by atoms with Gasteiger partial charge in [0.05, 0.1) is 23.8 Å². The largest absolute Gasteiger partial charge is 0.463 e. The number of carbonyl (C=O) groups excluding carboxylic acids is 1. The lowest BCUT2D eigenvalue weighted by atomic mass is 10.1. The fourth-order valence-corrected chi connectivity index (χ4v) is 4.75. The number of fused-ring (bicyclic) bond motifs is 2. The third kappa shape index (κ3) is 6.69. The Balaban J connectivity index is 1.28. The van der Waals surface area contributed by atoms with Crippen molar-refractivity contribution in [2.45, 2.75) is 18.8 Å². The van der Waals surface area contributed by atoms with Crippen molar-refractivity contribution in [2.75, 3.05) is 60.0 Å². The molecule has 2 atom stereocenters. The Kier molecular flexibility index (Phi) is 8.70. The van der Waals surface area contributed by atoms with Crippen LogP contribution in [0.3, 0.4) is 0 Å². The molecule has 0 radical (unpaired) electrons. The SMILES string of the molecule is CN(CCN1CC2CN(Cc3cc(OCF)cc(OCF)c3)CC(C1)O2)C(=O)c1ccc(C#N)cc1. The molecule has 2 saturated heterocycles. The predicted octanol–water partition coefficient (Wildman–Crippen LogP) is 2.83. The molecule has 2 aliphatic heterocycles. The van der Waals surface area contributed by atoms with Crippen molar-refractivity contribution < 1.29 is 27.8 Å². The van der Waals surface area contributed by atoms with Crippen molar-refractivity contribution in [1.29, 1.82) is 5.26 Å². The molecular weight excluding hydrogens is 470 g/mol. The van der Waals surface area contributed by atoms with Crippen molar-refractivity contribution in [3.05, 3.63) is 59.2 Å². The molecule has 0 N–H and O–H groups in total. The maximum atomic E-state index is 12.7. The summed E-state index contributed by atoms with van der Waals surface area (Å²) in [6.07, 6.45) is 0.0627. The third-order valence-electron chi connectivity index (χ3n) is 6.38. The molecule has 0 spiro atoms. The molecule has 192 valence electrons. The lowest BCUT2D eigenvalue weighted by Gasteiger charge is -2.46. The van der Waals surface area contributed by atoms with E-state index < -0.39 is 13.7 Å². The number of ether oxygens (including phenoxy) is 3. The van der Waals surface area contributed by atoms with E-state index >= 15 is 0 Å². The van der Waals surface area contributed by atoms with Crippen LogP contribution in [0.25, 0.3) is 0 Å². The second-order valence-electron chi connectivity index (χ2n) is 9.07. The highest BCUT2D eigenvalue weighted by Gasteiger charge is 2.35. The van der Waals surface area contributed by atoms with E-state index in [2.05, 4.69) is 15.9 Å². The molecule has 8 nitrogen and oxygen atoms in total. The van der Waals surface area contributed by atoms with E-state index in [0.29, 0.717) is 35.7 Å². The number of amides is 1. The second-order valence-corrected chi connectivity index (χ2v) is 9.07. The predicted molar refractivity (Wildman–Crippen MR) is 128 cm³/mol. The fraction of sp³-hybridized carbons (Fsp3) is 0.462. The van der Waals surface area contributed by atoms with E-state index in [1.807, 2.05) is 0 Å². The lowest BCUT2D eigenvalue weighted by molar-refractivity contribution is -0.140.